The average molecular weight is 342 g/mol. The molecule has 0 unspecified atom stereocenters. The van der Waals surface area contributed by atoms with Crippen molar-refractivity contribution < 1.29 is 4.39 Å². The van der Waals surface area contributed by atoms with Gasteiger partial charge in [0.15, 0.2) is 0 Å². The van der Waals surface area contributed by atoms with Crippen molar-refractivity contribution in [3.05, 3.63) is 77.4 Å². The van der Waals surface area contributed by atoms with Crippen LogP contribution in [0.3, 0.4) is 0 Å². The van der Waals surface area contributed by atoms with E-state index in [1.807, 2.05) is 6.07 Å². The second-order valence-electron chi connectivity index (χ2n) is 5.37. The van der Waals surface area contributed by atoms with Gasteiger partial charge in [0.25, 0.3) is 0 Å². The summed E-state index contributed by atoms with van der Waals surface area (Å²) in [6, 6.07) is 15.3. The van der Waals surface area contributed by atoms with Crippen molar-refractivity contribution in [3.8, 4) is 0 Å². The molecule has 4 nitrogen and oxygen atoms in total. The average Bonchev–Trinajstić information content (AvgIpc) is 3.07. The smallest absolute Gasteiger partial charge is 0.210 e. The van der Waals surface area contributed by atoms with E-state index in [2.05, 4.69) is 46.8 Å². The van der Waals surface area contributed by atoms with E-state index in [-0.39, 0.29) is 5.82 Å². The molecule has 0 aliphatic rings. The lowest BCUT2D eigenvalue weighted by Gasteiger charge is -2.10. The number of hydrogen-bond donors (Lipinski definition) is 1. The molecule has 6 heteroatoms. The summed E-state index contributed by atoms with van der Waals surface area (Å²) in [7, 11) is 0. The summed E-state index contributed by atoms with van der Waals surface area (Å²) < 4.78 is 15.5. The molecule has 0 radical (unpaired) electrons. The fourth-order valence-corrected chi connectivity index (χ4v) is 3.13. The quantitative estimate of drug-likeness (QED) is 0.659. The molecule has 0 saturated carbocycles. The van der Waals surface area contributed by atoms with Gasteiger partial charge in [0.1, 0.15) is 12.1 Å². The van der Waals surface area contributed by atoms with Gasteiger partial charge in [-0.15, -0.1) is 10.2 Å². The van der Waals surface area contributed by atoms with Crippen LogP contribution in [-0.4, -0.2) is 14.9 Å². The zero-order chi connectivity index (χ0) is 16.8. The second-order valence-corrected chi connectivity index (χ2v) is 6.31. The van der Waals surface area contributed by atoms with Crippen LogP contribution >= 0.6 is 11.8 Å². The van der Waals surface area contributed by atoms with Crippen molar-refractivity contribution in [3.63, 3.8) is 0 Å². The first-order chi connectivity index (χ1) is 11.8. The minimum absolute atomic E-state index is 0.194. The Morgan fingerprint density at radius 3 is 2.58 bits per heavy atom. The van der Waals surface area contributed by atoms with Crippen LogP contribution in [0.25, 0.3) is 0 Å². The molecule has 1 aromatic heterocycles. The Morgan fingerprint density at radius 1 is 1.08 bits per heavy atom. The van der Waals surface area contributed by atoms with Gasteiger partial charge in [0.2, 0.25) is 5.16 Å². The minimum atomic E-state index is -0.194. The Balaban J connectivity index is 1.59. The van der Waals surface area contributed by atoms with Gasteiger partial charge in [-0.3, -0.25) is 0 Å². The zero-order valence-electron chi connectivity index (χ0n) is 13.4. The molecule has 1 N–H and O–H groups in total. The van der Waals surface area contributed by atoms with Crippen LogP contribution in [0.4, 0.5) is 4.39 Å². The highest BCUT2D eigenvalue weighted by molar-refractivity contribution is 7.98. The highest BCUT2D eigenvalue weighted by Gasteiger charge is 2.07. The predicted molar refractivity (Wildman–Crippen MR) is 94.9 cm³/mol. The van der Waals surface area contributed by atoms with Crippen LogP contribution in [0.1, 0.15) is 23.6 Å². The summed E-state index contributed by atoms with van der Waals surface area (Å²) in [4.78, 5) is 0. The number of benzene rings is 2. The molecular weight excluding hydrogens is 323 g/mol. The maximum atomic E-state index is 13.7. The van der Waals surface area contributed by atoms with Gasteiger partial charge in [0, 0.05) is 5.75 Å². The van der Waals surface area contributed by atoms with Crippen LogP contribution in [0.15, 0.2) is 60.0 Å². The van der Waals surface area contributed by atoms with Crippen molar-refractivity contribution in [2.75, 3.05) is 5.43 Å². The highest BCUT2D eigenvalue weighted by atomic mass is 32.2. The van der Waals surface area contributed by atoms with E-state index in [1.54, 1.807) is 23.1 Å². The molecule has 3 rings (SSSR count). The molecule has 0 amide bonds. The first-order valence-electron chi connectivity index (χ1n) is 7.84. The van der Waals surface area contributed by atoms with Gasteiger partial charge >= 0.3 is 0 Å². The molecule has 0 aliphatic carbocycles. The van der Waals surface area contributed by atoms with Crippen LogP contribution in [0, 0.1) is 5.82 Å². The summed E-state index contributed by atoms with van der Waals surface area (Å²) in [6.45, 7) is 2.82. The summed E-state index contributed by atoms with van der Waals surface area (Å²) in [5.41, 5.74) is 6.44. The Bertz CT molecular complexity index is 786. The third-order valence-corrected chi connectivity index (χ3v) is 4.71. The van der Waals surface area contributed by atoms with E-state index in [9.17, 15) is 4.39 Å². The third-order valence-electron chi connectivity index (χ3n) is 3.72. The number of thioether (sulfide) groups is 1. The molecule has 124 valence electrons. The first kappa shape index (κ1) is 16.5. The van der Waals surface area contributed by atoms with E-state index in [0.29, 0.717) is 23.0 Å². The predicted octanol–water partition coefficient (Wildman–Crippen LogP) is 4.02. The van der Waals surface area contributed by atoms with Crippen LogP contribution in [0.5, 0.6) is 0 Å². The van der Waals surface area contributed by atoms with E-state index in [0.717, 1.165) is 6.42 Å². The number of aryl methyl sites for hydroxylation is 1. The molecule has 0 fully saturated rings. The molecular formula is C18H19FN4S. The van der Waals surface area contributed by atoms with E-state index < -0.39 is 0 Å². The van der Waals surface area contributed by atoms with E-state index in [1.165, 1.54) is 29.0 Å². The van der Waals surface area contributed by atoms with E-state index in [4.69, 9.17) is 0 Å². The Labute approximate surface area is 145 Å². The lowest BCUT2D eigenvalue weighted by Crippen LogP contribution is -2.14. The molecule has 2 aromatic carbocycles. The van der Waals surface area contributed by atoms with E-state index >= 15 is 0 Å². The maximum absolute atomic E-state index is 13.7. The van der Waals surface area contributed by atoms with Gasteiger partial charge in [0.05, 0.1) is 6.54 Å². The summed E-state index contributed by atoms with van der Waals surface area (Å²) >= 11 is 1.45. The van der Waals surface area contributed by atoms with Crippen LogP contribution in [0.2, 0.25) is 0 Å². The lowest BCUT2D eigenvalue weighted by molar-refractivity contribution is 0.617. The second kappa shape index (κ2) is 7.97. The largest absolute Gasteiger partial charge is 0.318 e. The number of halogens is 1. The molecule has 1 heterocycles. The van der Waals surface area contributed by atoms with Gasteiger partial charge in [-0.25, -0.2) is 9.07 Å². The van der Waals surface area contributed by atoms with Crippen molar-refractivity contribution in [2.24, 2.45) is 0 Å². The molecule has 0 spiro atoms. The van der Waals surface area contributed by atoms with Gasteiger partial charge < -0.3 is 5.43 Å². The van der Waals surface area contributed by atoms with Crippen molar-refractivity contribution in [1.82, 2.24) is 14.9 Å². The number of hydrogen-bond acceptors (Lipinski definition) is 4. The molecule has 3 aromatic rings. The topological polar surface area (TPSA) is 42.7 Å². The Morgan fingerprint density at radius 2 is 1.83 bits per heavy atom. The molecule has 0 saturated heterocycles. The van der Waals surface area contributed by atoms with Crippen LogP contribution in [-0.2, 0) is 18.7 Å². The zero-order valence-corrected chi connectivity index (χ0v) is 14.3. The maximum Gasteiger partial charge on any atom is 0.210 e. The first-order valence-corrected chi connectivity index (χ1v) is 8.82. The molecule has 24 heavy (non-hydrogen) atoms. The number of rotatable bonds is 7. The number of nitrogens with one attached hydrogen (secondary N) is 1. The fraction of sp³-hybridized carbons (Fsp3) is 0.222. The highest BCUT2D eigenvalue weighted by Crippen LogP contribution is 2.21. The lowest BCUT2D eigenvalue weighted by atomic mass is 10.1. The van der Waals surface area contributed by atoms with Gasteiger partial charge in [-0.2, -0.15) is 0 Å². The van der Waals surface area contributed by atoms with Gasteiger partial charge in [-0.05, 0) is 29.2 Å². The van der Waals surface area contributed by atoms with Crippen molar-refractivity contribution in [1.29, 1.82) is 0 Å². The molecule has 0 bridgehead atoms. The van der Waals surface area contributed by atoms with Gasteiger partial charge in [-0.1, -0.05) is 61.2 Å². The summed E-state index contributed by atoms with van der Waals surface area (Å²) in [6.07, 6.45) is 2.67. The van der Waals surface area contributed by atoms with Crippen LogP contribution < -0.4 is 5.43 Å². The summed E-state index contributed by atoms with van der Waals surface area (Å²) in [5.74, 6) is 0.318. The minimum Gasteiger partial charge on any atom is -0.318 e. The fourth-order valence-electron chi connectivity index (χ4n) is 2.26. The SMILES string of the molecule is CCc1ccc(CNn2cnnc2SCc2ccccc2F)cc1. The normalized spacial score (nSPS) is 10.8. The standard InChI is InChI=1S/C18H19FN4S/c1-2-14-7-9-15(10-8-14)11-21-23-13-20-22-18(23)24-12-16-5-3-4-6-17(16)19/h3-10,13,21H,2,11-12H2,1H3. The number of nitrogens with zero attached hydrogens (tertiary/aromatic N) is 3. The molecule has 0 aliphatic heterocycles. The molecule has 0 atom stereocenters. The summed E-state index contributed by atoms with van der Waals surface area (Å²) in [5, 5.41) is 8.74. The third kappa shape index (κ3) is 4.14. The monoisotopic (exact) mass is 342 g/mol. The van der Waals surface area contributed by atoms with Crippen molar-refractivity contribution >= 4 is 11.8 Å². The Kier molecular flexibility index (Phi) is 5.48. The van der Waals surface area contributed by atoms with Crippen molar-refractivity contribution in [2.45, 2.75) is 30.8 Å². The number of aromatic nitrogens is 3. The Hall–Kier alpha value is -2.34.